The average molecular weight is 264 g/mol. The molecule has 0 radical (unpaired) electrons. The maximum absolute atomic E-state index is 9.61. The molecule has 0 aliphatic rings. The van der Waals surface area contributed by atoms with Crippen LogP contribution in [0.4, 0.5) is 0 Å². The largest absolute Gasteiger partial charge is 0.506 e. The third-order valence-electron chi connectivity index (χ3n) is 2.00. The molecular formula is C10H12BrClO. The van der Waals surface area contributed by atoms with Gasteiger partial charge in [-0.2, -0.15) is 0 Å². The molecular weight excluding hydrogens is 251 g/mol. The Morgan fingerprint density at radius 3 is 2.46 bits per heavy atom. The van der Waals surface area contributed by atoms with Crippen LogP contribution in [0.3, 0.4) is 0 Å². The van der Waals surface area contributed by atoms with Crippen LogP contribution in [0.5, 0.6) is 5.75 Å². The lowest BCUT2D eigenvalue weighted by Crippen LogP contribution is -1.92. The van der Waals surface area contributed by atoms with Crippen LogP contribution >= 0.6 is 27.5 Å². The average Bonchev–Trinajstić information content (AvgIpc) is 1.99. The number of aromatic hydroxyl groups is 1. The summed E-state index contributed by atoms with van der Waals surface area (Å²) >= 11 is 9.46. The molecule has 72 valence electrons. The Morgan fingerprint density at radius 2 is 2.00 bits per heavy atom. The molecule has 0 atom stereocenters. The molecule has 0 saturated carbocycles. The van der Waals surface area contributed by atoms with Gasteiger partial charge in [-0.1, -0.05) is 41.4 Å². The van der Waals surface area contributed by atoms with Gasteiger partial charge in [0.15, 0.2) is 0 Å². The van der Waals surface area contributed by atoms with E-state index in [0.29, 0.717) is 10.9 Å². The van der Waals surface area contributed by atoms with E-state index in [1.54, 1.807) is 0 Å². The summed E-state index contributed by atoms with van der Waals surface area (Å²) in [6.45, 7) is 5.91. The molecule has 3 heteroatoms. The molecule has 0 aliphatic heterocycles. The van der Waals surface area contributed by atoms with Crippen LogP contribution < -0.4 is 0 Å². The van der Waals surface area contributed by atoms with E-state index in [9.17, 15) is 5.11 Å². The van der Waals surface area contributed by atoms with E-state index in [0.717, 1.165) is 15.6 Å². The number of benzene rings is 1. The summed E-state index contributed by atoms with van der Waals surface area (Å²) in [6, 6.07) is 1.89. The van der Waals surface area contributed by atoms with Gasteiger partial charge in [0.25, 0.3) is 0 Å². The van der Waals surface area contributed by atoms with Crippen LogP contribution in [0.15, 0.2) is 10.5 Å². The van der Waals surface area contributed by atoms with Crippen LogP contribution in [-0.4, -0.2) is 5.11 Å². The number of halogens is 2. The van der Waals surface area contributed by atoms with Gasteiger partial charge in [-0.25, -0.2) is 0 Å². The molecule has 0 unspecified atom stereocenters. The molecule has 1 rings (SSSR count). The fourth-order valence-electron chi connectivity index (χ4n) is 1.27. The van der Waals surface area contributed by atoms with Crippen molar-refractivity contribution in [3.63, 3.8) is 0 Å². The monoisotopic (exact) mass is 262 g/mol. The van der Waals surface area contributed by atoms with Crippen molar-refractivity contribution in [1.82, 2.24) is 0 Å². The fourth-order valence-corrected chi connectivity index (χ4v) is 2.85. The first-order chi connectivity index (χ1) is 5.95. The van der Waals surface area contributed by atoms with E-state index < -0.39 is 0 Å². The molecule has 1 aromatic rings. The van der Waals surface area contributed by atoms with Gasteiger partial charge in [0.05, 0.1) is 5.02 Å². The quantitative estimate of drug-likeness (QED) is 0.803. The molecule has 0 spiro atoms. The molecule has 1 N–H and O–H groups in total. The second-order valence-corrected chi connectivity index (χ2v) is 4.64. The van der Waals surface area contributed by atoms with Crippen molar-refractivity contribution < 1.29 is 5.11 Å². The Kier molecular flexibility index (Phi) is 3.25. The van der Waals surface area contributed by atoms with Crippen LogP contribution in [0, 0.1) is 6.92 Å². The minimum atomic E-state index is 0.188. The van der Waals surface area contributed by atoms with Crippen molar-refractivity contribution in [2.24, 2.45) is 0 Å². The highest BCUT2D eigenvalue weighted by Crippen LogP contribution is 2.39. The zero-order chi connectivity index (χ0) is 10.2. The molecule has 0 aromatic heterocycles. The van der Waals surface area contributed by atoms with Gasteiger partial charge in [0.1, 0.15) is 5.75 Å². The molecule has 0 amide bonds. The lowest BCUT2D eigenvalue weighted by atomic mass is 10.0. The highest BCUT2D eigenvalue weighted by molar-refractivity contribution is 9.10. The summed E-state index contributed by atoms with van der Waals surface area (Å²) < 4.78 is 0.961. The molecule has 0 heterocycles. The van der Waals surface area contributed by atoms with Gasteiger partial charge in [-0.05, 0) is 30.0 Å². The first-order valence-electron chi connectivity index (χ1n) is 4.12. The molecule has 0 bridgehead atoms. The van der Waals surface area contributed by atoms with E-state index >= 15 is 0 Å². The van der Waals surface area contributed by atoms with E-state index in [1.165, 1.54) is 0 Å². The second-order valence-electron chi connectivity index (χ2n) is 3.41. The lowest BCUT2D eigenvalue weighted by Gasteiger charge is -2.13. The predicted octanol–water partition coefficient (Wildman–Crippen LogP) is 4.24. The summed E-state index contributed by atoms with van der Waals surface area (Å²) in [5.74, 6) is 0.488. The zero-order valence-corrected chi connectivity index (χ0v) is 10.2. The summed E-state index contributed by atoms with van der Waals surface area (Å²) in [4.78, 5) is 0. The summed E-state index contributed by atoms with van der Waals surface area (Å²) in [6.07, 6.45) is 0. The summed E-state index contributed by atoms with van der Waals surface area (Å²) in [5, 5.41) is 10.1. The van der Waals surface area contributed by atoms with E-state index in [2.05, 4.69) is 15.9 Å². The van der Waals surface area contributed by atoms with Gasteiger partial charge in [0, 0.05) is 4.47 Å². The van der Waals surface area contributed by atoms with Crippen molar-refractivity contribution >= 4 is 27.5 Å². The minimum absolute atomic E-state index is 0.188. The first kappa shape index (κ1) is 10.9. The third kappa shape index (κ3) is 2.00. The second kappa shape index (κ2) is 3.89. The van der Waals surface area contributed by atoms with Gasteiger partial charge >= 0.3 is 0 Å². The Morgan fingerprint density at radius 1 is 1.46 bits per heavy atom. The standard InChI is InChI=1S/C10H12BrClO/c1-5(2)8-7(11)4-6(3)10(13)9(8)12/h4-5,13H,1-3H3. The zero-order valence-electron chi connectivity index (χ0n) is 7.86. The maximum atomic E-state index is 9.61. The molecule has 1 aromatic carbocycles. The van der Waals surface area contributed by atoms with Gasteiger partial charge < -0.3 is 5.11 Å². The number of hydrogen-bond donors (Lipinski definition) is 1. The smallest absolute Gasteiger partial charge is 0.137 e. The van der Waals surface area contributed by atoms with Crippen LogP contribution in [0.2, 0.25) is 5.02 Å². The highest BCUT2D eigenvalue weighted by Gasteiger charge is 2.15. The van der Waals surface area contributed by atoms with Crippen LogP contribution in [0.1, 0.15) is 30.9 Å². The van der Waals surface area contributed by atoms with Gasteiger partial charge in [0.2, 0.25) is 0 Å². The number of aryl methyl sites for hydroxylation is 1. The predicted molar refractivity (Wildman–Crippen MR) is 59.6 cm³/mol. The lowest BCUT2D eigenvalue weighted by molar-refractivity contribution is 0.470. The normalized spacial score (nSPS) is 10.9. The Hall–Kier alpha value is -0.210. The van der Waals surface area contributed by atoms with Crippen molar-refractivity contribution in [3.8, 4) is 5.75 Å². The topological polar surface area (TPSA) is 20.2 Å². The van der Waals surface area contributed by atoms with Crippen molar-refractivity contribution in [3.05, 3.63) is 26.7 Å². The Labute approximate surface area is 91.9 Å². The van der Waals surface area contributed by atoms with E-state index in [-0.39, 0.29) is 5.75 Å². The van der Waals surface area contributed by atoms with E-state index in [4.69, 9.17) is 11.6 Å². The van der Waals surface area contributed by atoms with Crippen molar-refractivity contribution in [2.75, 3.05) is 0 Å². The van der Waals surface area contributed by atoms with Gasteiger partial charge in [-0.15, -0.1) is 0 Å². The fraction of sp³-hybridized carbons (Fsp3) is 0.400. The minimum Gasteiger partial charge on any atom is -0.506 e. The SMILES string of the molecule is Cc1cc(Br)c(C(C)C)c(Cl)c1O. The molecule has 0 aliphatic carbocycles. The Bertz CT molecular complexity index is 334. The molecule has 1 nitrogen and oxygen atoms in total. The van der Waals surface area contributed by atoms with Crippen molar-refractivity contribution in [2.45, 2.75) is 26.7 Å². The van der Waals surface area contributed by atoms with Crippen molar-refractivity contribution in [1.29, 1.82) is 0 Å². The summed E-state index contributed by atoms with van der Waals surface area (Å²) in [5.41, 5.74) is 1.76. The number of phenolic OH excluding ortho intramolecular Hbond substituents is 1. The molecule has 0 fully saturated rings. The molecule has 13 heavy (non-hydrogen) atoms. The first-order valence-corrected chi connectivity index (χ1v) is 5.29. The van der Waals surface area contributed by atoms with Crippen LogP contribution in [0.25, 0.3) is 0 Å². The van der Waals surface area contributed by atoms with Crippen LogP contribution in [-0.2, 0) is 0 Å². The number of phenols is 1. The van der Waals surface area contributed by atoms with Gasteiger partial charge in [-0.3, -0.25) is 0 Å². The van der Waals surface area contributed by atoms with E-state index in [1.807, 2.05) is 26.8 Å². The Balaban J connectivity index is 3.44. The highest BCUT2D eigenvalue weighted by atomic mass is 79.9. The number of rotatable bonds is 1. The number of hydrogen-bond acceptors (Lipinski definition) is 1. The maximum Gasteiger partial charge on any atom is 0.137 e. The third-order valence-corrected chi connectivity index (χ3v) is 3.03. The molecule has 0 saturated heterocycles. The summed E-state index contributed by atoms with van der Waals surface area (Å²) in [7, 11) is 0.